The third kappa shape index (κ3) is 4.15. The lowest BCUT2D eigenvalue weighted by Crippen LogP contribution is -2.05. The van der Waals surface area contributed by atoms with Crippen molar-refractivity contribution in [2.75, 3.05) is 14.2 Å². The SMILES string of the molecule is COc1cc(/C=C2/N=C(c3cccc(Cl)c3)OC2=O)cc(OC)c1OC(C)=O. The van der Waals surface area contributed by atoms with Crippen LogP contribution in [0.5, 0.6) is 17.2 Å². The molecule has 2 aromatic rings. The molecule has 0 bridgehead atoms. The summed E-state index contributed by atoms with van der Waals surface area (Å²) in [5.41, 5.74) is 1.23. The highest BCUT2D eigenvalue weighted by Gasteiger charge is 2.25. The van der Waals surface area contributed by atoms with Crippen molar-refractivity contribution in [1.82, 2.24) is 0 Å². The molecule has 0 saturated carbocycles. The Morgan fingerprint density at radius 2 is 1.82 bits per heavy atom. The number of hydrogen-bond acceptors (Lipinski definition) is 7. The van der Waals surface area contributed by atoms with E-state index in [2.05, 4.69) is 4.99 Å². The fraction of sp³-hybridized carbons (Fsp3) is 0.150. The first kappa shape index (κ1) is 19.4. The number of esters is 2. The molecule has 28 heavy (non-hydrogen) atoms. The maximum atomic E-state index is 12.2. The number of ether oxygens (including phenoxy) is 4. The highest BCUT2D eigenvalue weighted by molar-refractivity contribution is 6.31. The van der Waals surface area contributed by atoms with Gasteiger partial charge in [-0.1, -0.05) is 17.7 Å². The molecule has 2 aromatic carbocycles. The molecule has 0 unspecified atom stereocenters. The smallest absolute Gasteiger partial charge is 0.363 e. The molecule has 1 aliphatic heterocycles. The van der Waals surface area contributed by atoms with E-state index in [1.165, 1.54) is 27.2 Å². The van der Waals surface area contributed by atoms with E-state index in [4.69, 9.17) is 30.5 Å². The minimum Gasteiger partial charge on any atom is -0.493 e. The lowest BCUT2D eigenvalue weighted by molar-refractivity contribution is -0.132. The molecule has 0 aliphatic carbocycles. The van der Waals surface area contributed by atoms with E-state index in [1.807, 2.05) is 0 Å². The van der Waals surface area contributed by atoms with Crippen LogP contribution in [0.3, 0.4) is 0 Å². The summed E-state index contributed by atoms with van der Waals surface area (Å²) in [5.74, 6) is -0.264. The normalized spacial score (nSPS) is 14.5. The lowest BCUT2D eigenvalue weighted by Gasteiger charge is -2.13. The van der Waals surface area contributed by atoms with Crippen molar-refractivity contribution in [3.05, 3.63) is 58.2 Å². The van der Waals surface area contributed by atoms with E-state index in [0.717, 1.165) is 0 Å². The van der Waals surface area contributed by atoms with E-state index in [0.29, 0.717) is 16.1 Å². The van der Waals surface area contributed by atoms with Gasteiger partial charge in [-0.3, -0.25) is 4.79 Å². The second kappa shape index (κ2) is 8.14. The number of cyclic esters (lactones) is 1. The van der Waals surface area contributed by atoms with E-state index in [-0.39, 0.29) is 28.8 Å². The molecule has 144 valence electrons. The summed E-state index contributed by atoms with van der Waals surface area (Å²) in [6, 6.07) is 10.0. The summed E-state index contributed by atoms with van der Waals surface area (Å²) in [6.45, 7) is 1.27. The zero-order valence-electron chi connectivity index (χ0n) is 15.3. The molecule has 8 heteroatoms. The molecule has 3 rings (SSSR count). The Labute approximate surface area is 166 Å². The Morgan fingerprint density at radius 1 is 1.14 bits per heavy atom. The van der Waals surface area contributed by atoms with Gasteiger partial charge in [-0.2, -0.15) is 0 Å². The van der Waals surface area contributed by atoms with Crippen molar-refractivity contribution in [2.45, 2.75) is 6.92 Å². The predicted molar refractivity (Wildman–Crippen MR) is 103 cm³/mol. The van der Waals surface area contributed by atoms with Crippen LogP contribution < -0.4 is 14.2 Å². The molecule has 0 N–H and O–H groups in total. The number of aliphatic imine (C=N–C) groups is 1. The molecule has 1 heterocycles. The van der Waals surface area contributed by atoms with Crippen LogP contribution in [0.1, 0.15) is 18.1 Å². The fourth-order valence-electron chi connectivity index (χ4n) is 2.54. The largest absolute Gasteiger partial charge is 0.493 e. The maximum Gasteiger partial charge on any atom is 0.363 e. The first-order valence-corrected chi connectivity index (χ1v) is 8.52. The van der Waals surface area contributed by atoms with Crippen molar-refractivity contribution >= 4 is 35.5 Å². The highest BCUT2D eigenvalue weighted by Crippen LogP contribution is 2.39. The average Bonchev–Trinajstić information content (AvgIpc) is 3.02. The number of halogens is 1. The number of carbonyl (C=O) groups excluding carboxylic acids is 2. The second-order valence-corrected chi connectivity index (χ2v) is 6.13. The van der Waals surface area contributed by atoms with Crippen molar-refractivity contribution in [1.29, 1.82) is 0 Å². The molecular weight excluding hydrogens is 386 g/mol. The number of methoxy groups -OCH3 is 2. The Balaban J connectivity index is 2.00. The molecule has 7 nitrogen and oxygen atoms in total. The molecule has 0 atom stereocenters. The highest BCUT2D eigenvalue weighted by atomic mass is 35.5. The van der Waals surface area contributed by atoms with Crippen molar-refractivity contribution in [3.8, 4) is 17.2 Å². The molecule has 0 fully saturated rings. The number of nitrogens with zero attached hydrogens (tertiary/aromatic N) is 1. The Bertz CT molecular complexity index is 987. The number of benzene rings is 2. The van der Waals surface area contributed by atoms with E-state index < -0.39 is 11.9 Å². The minimum atomic E-state index is -0.600. The van der Waals surface area contributed by atoms with Crippen LogP contribution in [0.15, 0.2) is 47.1 Å². The van der Waals surface area contributed by atoms with Crippen LogP contribution in [0.25, 0.3) is 6.08 Å². The summed E-state index contributed by atoms with van der Waals surface area (Å²) in [6.07, 6.45) is 1.52. The summed E-state index contributed by atoms with van der Waals surface area (Å²) in [4.78, 5) is 27.8. The Kier molecular flexibility index (Phi) is 5.65. The van der Waals surface area contributed by atoms with Crippen LogP contribution >= 0.6 is 11.6 Å². The van der Waals surface area contributed by atoms with Crippen molar-refractivity contribution < 1.29 is 28.5 Å². The summed E-state index contributed by atoms with van der Waals surface area (Å²) < 4.78 is 20.9. The fourth-order valence-corrected chi connectivity index (χ4v) is 2.73. The van der Waals surface area contributed by atoms with Crippen molar-refractivity contribution in [3.63, 3.8) is 0 Å². The second-order valence-electron chi connectivity index (χ2n) is 5.69. The first-order valence-electron chi connectivity index (χ1n) is 8.14. The van der Waals surface area contributed by atoms with E-state index in [9.17, 15) is 9.59 Å². The topological polar surface area (TPSA) is 83.4 Å². The summed E-state index contributed by atoms with van der Waals surface area (Å²) in [7, 11) is 2.86. The molecular formula is C20H16ClNO6. The van der Waals surface area contributed by atoms with Crippen LogP contribution in [0.2, 0.25) is 5.02 Å². The molecule has 0 radical (unpaired) electrons. The third-order valence-corrected chi connectivity index (χ3v) is 3.96. The van der Waals surface area contributed by atoms with Crippen molar-refractivity contribution in [2.24, 2.45) is 4.99 Å². The van der Waals surface area contributed by atoms with Gasteiger partial charge < -0.3 is 18.9 Å². The van der Waals surface area contributed by atoms with Gasteiger partial charge in [0, 0.05) is 17.5 Å². The van der Waals surface area contributed by atoms with Crippen LogP contribution in [0, 0.1) is 0 Å². The van der Waals surface area contributed by atoms with Crippen LogP contribution in [0.4, 0.5) is 0 Å². The minimum absolute atomic E-state index is 0.0966. The quantitative estimate of drug-likeness (QED) is 0.432. The van der Waals surface area contributed by atoms with Gasteiger partial charge in [-0.05, 0) is 42.0 Å². The van der Waals surface area contributed by atoms with Crippen LogP contribution in [-0.2, 0) is 14.3 Å². The molecule has 0 amide bonds. The van der Waals surface area contributed by atoms with Gasteiger partial charge in [0.1, 0.15) is 0 Å². The van der Waals surface area contributed by atoms with Gasteiger partial charge in [0.2, 0.25) is 11.6 Å². The zero-order chi connectivity index (χ0) is 20.3. The monoisotopic (exact) mass is 401 g/mol. The summed E-state index contributed by atoms with van der Waals surface area (Å²) in [5, 5.41) is 0.504. The van der Waals surface area contributed by atoms with Gasteiger partial charge in [0.25, 0.3) is 0 Å². The first-order chi connectivity index (χ1) is 13.4. The van der Waals surface area contributed by atoms with Gasteiger partial charge >= 0.3 is 11.9 Å². The predicted octanol–water partition coefficient (Wildman–Crippen LogP) is 3.63. The molecule has 1 aliphatic rings. The van der Waals surface area contributed by atoms with Gasteiger partial charge in [0.15, 0.2) is 17.2 Å². The van der Waals surface area contributed by atoms with E-state index >= 15 is 0 Å². The maximum absolute atomic E-state index is 12.2. The van der Waals surface area contributed by atoms with Gasteiger partial charge in [0.05, 0.1) is 14.2 Å². The third-order valence-electron chi connectivity index (χ3n) is 3.72. The Morgan fingerprint density at radius 3 is 2.39 bits per heavy atom. The Hall–Kier alpha value is -3.32. The summed E-state index contributed by atoms with van der Waals surface area (Å²) >= 11 is 5.97. The number of rotatable bonds is 5. The molecule has 0 spiro atoms. The standard InChI is InChI=1S/C20H16ClNO6/c1-11(23)27-18-16(25-2)8-12(9-17(18)26-3)7-15-20(24)28-19(22-15)13-5-4-6-14(21)10-13/h4-10H,1-3H3/b15-7+. The molecule has 0 aromatic heterocycles. The van der Waals surface area contributed by atoms with Gasteiger partial charge in [-0.15, -0.1) is 0 Å². The number of hydrogen-bond donors (Lipinski definition) is 0. The lowest BCUT2D eigenvalue weighted by atomic mass is 10.1. The average molecular weight is 402 g/mol. The van der Waals surface area contributed by atoms with Crippen LogP contribution in [-0.4, -0.2) is 32.1 Å². The zero-order valence-corrected chi connectivity index (χ0v) is 16.1. The molecule has 0 saturated heterocycles. The van der Waals surface area contributed by atoms with Gasteiger partial charge in [-0.25, -0.2) is 9.79 Å². The van der Waals surface area contributed by atoms with E-state index in [1.54, 1.807) is 36.4 Å². The number of carbonyl (C=O) groups is 2.